The van der Waals surface area contributed by atoms with Gasteiger partial charge in [0.05, 0.1) is 11.7 Å². The van der Waals surface area contributed by atoms with Gasteiger partial charge >= 0.3 is 5.97 Å². The van der Waals surface area contributed by atoms with Crippen LogP contribution in [0.1, 0.15) is 22.0 Å². The molecule has 2 unspecified atom stereocenters. The number of aliphatic hydroxyl groups is 2. The van der Waals surface area contributed by atoms with Crippen molar-refractivity contribution in [3.8, 4) is 0 Å². The maximum atomic E-state index is 13.3. The lowest BCUT2D eigenvalue weighted by molar-refractivity contribution is 0.0220. The average molecular weight is 247 g/mol. The Bertz CT molecular complexity index is 439. The molecule has 0 aliphatic carbocycles. The first-order valence-corrected chi connectivity index (χ1v) is 4.67. The van der Waals surface area contributed by atoms with Crippen LogP contribution in [0, 0.1) is 11.6 Å². The van der Waals surface area contributed by atoms with Crippen LogP contribution in [0.2, 0.25) is 0 Å². The summed E-state index contributed by atoms with van der Waals surface area (Å²) in [7, 11) is 0. The van der Waals surface area contributed by atoms with Crippen molar-refractivity contribution in [2.45, 2.75) is 12.2 Å². The minimum absolute atomic E-state index is 0.339. The second-order valence-corrected chi connectivity index (χ2v) is 3.41. The molecule has 1 aromatic carbocycles. The number of nitrogens with two attached hydrogens (primary N) is 1. The summed E-state index contributed by atoms with van der Waals surface area (Å²) in [6, 6.07) is 0.974. The number of benzene rings is 1. The molecule has 0 saturated carbocycles. The minimum Gasteiger partial charge on any atom is -0.478 e. The number of carbonyl (C=O) groups is 1. The fourth-order valence-electron chi connectivity index (χ4n) is 1.29. The Kier molecular flexibility index (Phi) is 4.11. The van der Waals surface area contributed by atoms with Gasteiger partial charge in [0.25, 0.3) is 0 Å². The molecule has 7 heteroatoms. The summed E-state index contributed by atoms with van der Waals surface area (Å²) in [5.74, 6) is -4.00. The van der Waals surface area contributed by atoms with Crippen LogP contribution in [0.3, 0.4) is 0 Å². The Balaban J connectivity index is 3.24. The molecule has 0 aliphatic rings. The van der Waals surface area contributed by atoms with Gasteiger partial charge in [0.1, 0.15) is 17.7 Å². The molecule has 17 heavy (non-hydrogen) atoms. The number of aromatic carboxylic acids is 1. The highest BCUT2D eigenvalue weighted by Gasteiger charge is 2.24. The molecule has 0 aliphatic heterocycles. The summed E-state index contributed by atoms with van der Waals surface area (Å²) >= 11 is 0. The number of carboxylic acid groups (broad SMARTS) is 1. The molecule has 0 heterocycles. The number of halogens is 2. The fourth-order valence-corrected chi connectivity index (χ4v) is 1.29. The van der Waals surface area contributed by atoms with Crippen molar-refractivity contribution < 1.29 is 28.9 Å². The van der Waals surface area contributed by atoms with Gasteiger partial charge in [-0.1, -0.05) is 0 Å². The second kappa shape index (κ2) is 5.17. The number of carboxylic acids is 1. The standard InChI is InChI=1S/C10H11F2NO4/c11-6-2-7(12)5(10(16)17)1-4(6)9(15)8(14)3-13/h1-2,8-9,14-15H,3,13H2,(H,16,17). The first-order valence-electron chi connectivity index (χ1n) is 4.67. The molecule has 1 rings (SSSR count). The van der Waals surface area contributed by atoms with Gasteiger partial charge in [0, 0.05) is 18.2 Å². The van der Waals surface area contributed by atoms with Crippen LogP contribution >= 0.6 is 0 Å². The predicted molar refractivity (Wildman–Crippen MR) is 53.3 cm³/mol. The highest BCUT2D eigenvalue weighted by molar-refractivity contribution is 5.88. The van der Waals surface area contributed by atoms with Gasteiger partial charge in [-0.3, -0.25) is 0 Å². The SMILES string of the molecule is NCC(O)C(O)c1cc(C(=O)O)c(F)cc1F. The van der Waals surface area contributed by atoms with Crippen LogP contribution in [-0.4, -0.2) is 33.9 Å². The molecule has 5 N–H and O–H groups in total. The van der Waals surface area contributed by atoms with E-state index in [0.29, 0.717) is 12.1 Å². The van der Waals surface area contributed by atoms with Crippen molar-refractivity contribution in [1.82, 2.24) is 0 Å². The normalized spacial score (nSPS) is 14.4. The van der Waals surface area contributed by atoms with Crippen LogP contribution in [0.15, 0.2) is 12.1 Å². The smallest absolute Gasteiger partial charge is 0.338 e. The summed E-state index contributed by atoms with van der Waals surface area (Å²) < 4.78 is 26.3. The van der Waals surface area contributed by atoms with Gasteiger partial charge in [-0.2, -0.15) is 0 Å². The molecule has 0 aromatic heterocycles. The maximum absolute atomic E-state index is 13.3. The Morgan fingerprint density at radius 1 is 1.29 bits per heavy atom. The number of rotatable bonds is 4. The summed E-state index contributed by atoms with van der Waals surface area (Å²) in [4.78, 5) is 10.6. The average Bonchev–Trinajstić information content (AvgIpc) is 2.26. The number of aliphatic hydroxyl groups excluding tert-OH is 2. The quantitative estimate of drug-likeness (QED) is 0.600. The number of hydrogen-bond donors (Lipinski definition) is 4. The van der Waals surface area contributed by atoms with Crippen LogP contribution < -0.4 is 5.73 Å². The van der Waals surface area contributed by atoms with Crippen molar-refractivity contribution in [3.05, 3.63) is 34.9 Å². The molecule has 0 amide bonds. The molecule has 0 spiro atoms. The van der Waals surface area contributed by atoms with E-state index in [-0.39, 0.29) is 6.54 Å². The Labute approximate surface area is 95.1 Å². The highest BCUT2D eigenvalue weighted by atomic mass is 19.1. The van der Waals surface area contributed by atoms with Gasteiger partial charge in [-0.15, -0.1) is 0 Å². The zero-order valence-electron chi connectivity index (χ0n) is 8.60. The molecular weight excluding hydrogens is 236 g/mol. The third-order valence-electron chi connectivity index (χ3n) is 2.24. The summed E-state index contributed by atoms with van der Waals surface area (Å²) in [6.07, 6.45) is -3.17. The van der Waals surface area contributed by atoms with E-state index in [2.05, 4.69) is 0 Å². The van der Waals surface area contributed by atoms with Crippen molar-refractivity contribution in [2.24, 2.45) is 5.73 Å². The van der Waals surface area contributed by atoms with E-state index in [1.165, 1.54) is 0 Å². The maximum Gasteiger partial charge on any atom is 0.338 e. The van der Waals surface area contributed by atoms with Crippen molar-refractivity contribution in [3.63, 3.8) is 0 Å². The third-order valence-corrected chi connectivity index (χ3v) is 2.24. The molecule has 0 radical (unpaired) electrons. The third kappa shape index (κ3) is 2.76. The van der Waals surface area contributed by atoms with Crippen LogP contribution in [0.5, 0.6) is 0 Å². The van der Waals surface area contributed by atoms with E-state index in [4.69, 9.17) is 10.8 Å². The lowest BCUT2D eigenvalue weighted by Crippen LogP contribution is -2.28. The van der Waals surface area contributed by atoms with Gasteiger partial charge < -0.3 is 21.1 Å². The molecule has 0 fully saturated rings. The molecular formula is C10H11F2NO4. The fraction of sp³-hybridized carbons (Fsp3) is 0.300. The molecule has 94 valence electrons. The minimum atomic E-state index is -1.71. The summed E-state index contributed by atoms with van der Waals surface area (Å²) in [5.41, 5.74) is 3.77. The topological polar surface area (TPSA) is 104 Å². The van der Waals surface area contributed by atoms with Crippen molar-refractivity contribution >= 4 is 5.97 Å². The van der Waals surface area contributed by atoms with Gasteiger partial charge in [-0.05, 0) is 6.07 Å². The van der Waals surface area contributed by atoms with Crippen molar-refractivity contribution in [1.29, 1.82) is 0 Å². The first kappa shape index (κ1) is 13.5. The van der Waals surface area contributed by atoms with Crippen LogP contribution in [-0.2, 0) is 0 Å². The zero-order chi connectivity index (χ0) is 13.2. The highest BCUT2D eigenvalue weighted by Crippen LogP contribution is 2.23. The molecule has 2 atom stereocenters. The monoisotopic (exact) mass is 247 g/mol. The summed E-state index contributed by atoms with van der Waals surface area (Å²) in [5, 5.41) is 27.3. The van der Waals surface area contributed by atoms with Gasteiger partial charge in [-0.25, -0.2) is 13.6 Å². The summed E-state index contributed by atoms with van der Waals surface area (Å²) in [6.45, 7) is -0.347. The first-order chi connectivity index (χ1) is 7.88. The molecule has 0 bridgehead atoms. The predicted octanol–water partition coefficient (Wildman–Crippen LogP) is 0.0160. The van der Waals surface area contributed by atoms with Crippen LogP contribution in [0.4, 0.5) is 8.78 Å². The number of hydrogen-bond acceptors (Lipinski definition) is 4. The Hall–Kier alpha value is -1.57. The van der Waals surface area contributed by atoms with E-state index in [1.54, 1.807) is 0 Å². The van der Waals surface area contributed by atoms with E-state index in [1.807, 2.05) is 0 Å². The lowest BCUT2D eigenvalue weighted by Gasteiger charge is -2.17. The van der Waals surface area contributed by atoms with E-state index in [9.17, 15) is 23.8 Å². The molecule has 1 aromatic rings. The second-order valence-electron chi connectivity index (χ2n) is 3.41. The Morgan fingerprint density at radius 3 is 2.35 bits per heavy atom. The Morgan fingerprint density at radius 2 is 1.88 bits per heavy atom. The largest absolute Gasteiger partial charge is 0.478 e. The lowest BCUT2D eigenvalue weighted by atomic mass is 10.0. The van der Waals surface area contributed by atoms with Gasteiger partial charge in [0.15, 0.2) is 0 Å². The van der Waals surface area contributed by atoms with E-state index < -0.39 is 40.9 Å². The van der Waals surface area contributed by atoms with Crippen molar-refractivity contribution in [2.75, 3.05) is 6.54 Å². The van der Waals surface area contributed by atoms with E-state index in [0.717, 1.165) is 0 Å². The molecule has 5 nitrogen and oxygen atoms in total. The zero-order valence-corrected chi connectivity index (χ0v) is 8.60. The van der Waals surface area contributed by atoms with E-state index >= 15 is 0 Å². The van der Waals surface area contributed by atoms with Crippen LogP contribution in [0.25, 0.3) is 0 Å². The molecule has 0 saturated heterocycles. The van der Waals surface area contributed by atoms with Gasteiger partial charge in [0.2, 0.25) is 0 Å².